The summed E-state index contributed by atoms with van der Waals surface area (Å²) in [5.41, 5.74) is 1.69. The van der Waals surface area contributed by atoms with Gasteiger partial charge in [-0.05, 0) is 66.8 Å². The summed E-state index contributed by atoms with van der Waals surface area (Å²) in [6.07, 6.45) is 9.45. The van der Waals surface area contributed by atoms with Crippen molar-refractivity contribution in [2.45, 2.75) is 71.6 Å². The topological polar surface area (TPSA) is 0 Å². The van der Waals surface area contributed by atoms with E-state index >= 15 is 0 Å². The van der Waals surface area contributed by atoms with Gasteiger partial charge in [0.05, 0.1) is 0 Å². The van der Waals surface area contributed by atoms with E-state index in [0.717, 1.165) is 49.3 Å². The first-order valence-electron chi connectivity index (χ1n) is 10.7. The summed E-state index contributed by atoms with van der Waals surface area (Å²) in [6.45, 7) is 4.39. The van der Waals surface area contributed by atoms with E-state index in [9.17, 15) is 8.78 Å². The molecule has 3 rings (SSSR count). The molecule has 2 aromatic rings. The number of fused-ring (bicyclic) bond motifs is 1. The summed E-state index contributed by atoms with van der Waals surface area (Å²) in [5, 5.41) is 2.08. The first-order valence-corrected chi connectivity index (χ1v) is 10.7. The van der Waals surface area contributed by atoms with Crippen molar-refractivity contribution >= 4 is 16.6 Å². The lowest BCUT2D eigenvalue weighted by Crippen LogP contribution is -2.14. The molecular formula is C25H32F2. The van der Waals surface area contributed by atoms with Gasteiger partial charge in [-0.3, -0.25) is 0 Å². The number of rotatable bonds is 7. The maximum absolute atomic E-state index is 14.8. The zero-order valence-corrected chi connectivity index (χ0v) is 16.7. The van der Waals surface area contributed by atoms with Crippen LogP contribution in [0.25, 0.3) is 16.6 Å². The molecule has 1 aliphatic rings. The molecule has 0 heterocycles. The predicted octanol–water partition coefficient (Wildman–Crippen LogP) is 8.40. The number of hydrogen-bond donors (Lipinski definition) is 0. The zero-order chi connectivity index (χ0) is 19.2. The van der Waals surface area contributed by atoms with Gasteiger partial charge >= 0.3 is 0 Å². The Bertz CT molecular complexity index is 782. The highest BCUT2D eigenvalue weighted by Crippen LogP contribution is 2.39. The molecule has 1 fully saturated rings. The highest BCUT2D eigenvalue weighted by molar-refractivity contribution is 5.86. The van der Waals surface area contributed by atoms with Gasteiger partial charge in [0.1, 0.15) is 5.83 Å². The van der Waals surface area contributed by atoms with Crippen molar-refractivity contribution in [2.24, 2.45) is 11.8 Å². The van der Waals surface area contributed by atoms with Gasteiger partial charge in [-0.15, -0.1) is 0 Å². The number of unbranched alkanes of at least 4 members (excludes halogenated alkanes) is 2. The molecular weight excluding hydrogens is 338 g/mol. The second kappa shape index (κ2) is 9.48. The Morgan fingerprint density at radius 3 is 2.30 bits per heavy atom. The molecule has 1 aliphatic carbocycles. The lowest BCUT2D eigenvalue weighted by molar-refractivity contribution is 0.268. The van der Waals surface area contributed by atoms with Crippen molar-refractivity contribution in [1.82, 2.24) is 0 Å². The third-order valence-electron chi connectivity index (χ3n) is 6.22. The van der Waals surface area contributed by atoms with Crippen LogP contribution in [-0.4, -0.2) is 0 Å². The van der Waals surface area contributed by atoms with Crippen molar-refractivity contribution in [3.05, 3.63) is 53.4 Å². The summed E-state index contributed by atoms with van der Waals surface area (Å²) >= 11 is 0. The Hall–Kier alpha value is -1.70. The maximum atomic E-state index is 14.8. The maximum Gasteiger partial charge on any atom is 0.162 e. The predicted molar refractivity (Wildman–Crippen MR) is 112 cm³/mol. The molecule has 146 valence electrons. The summed E-state index contributed by atoms with van der Waals surface area (Å²) in [5.74, 6) is -0.766. The largest absolute Gasteiger partial charge is 0.208 e. The quantitative estimate of drug-likeness (QED) is 0.429. The smallest absolute Gasteiger partial charge is 0.162 e. The number of benzene rings is 2. The molecule has 0 radical (unpaired) electrons. The van der Waals surface area contributed by atoms with E-state index in [1.54, 1.807) is 12.1 Å². The zero-order valence-electron chi connectivity index (χ0n) is 16.7. The minimum atomic E-state index is -0.663. The normalized spacial score (nSPS) is 21.3. The summed E-state index contributed by atoms with van der Waals surface area (Å²) in [7, 11) is 0. The molecule has 0 atom stereocenters. The van der Waals surface area contributed by atoms with Crippen LogP contribution in [0, 0.1) is 11.8 Å². The van der Waals surface area contributed by atoms with E-state index in [1.165, 1.54) is 24.8 Å². The highest BCUT2D eigenvalue weighted by Gasteiger charge is 2.26. The minimum Gasteiger partial charge on any atom is -0.208 e. The fraction of sp³-hybridized carbons (Fsp3) is 0.520. The van der Waals surface area contributed by atoms with Crippen LogP contribution in [0.15, 0.2) is 42.2 Å². The van der Waals surface area contributed by atoms with Gasteiger partial charge in [0.25, 0.3) is 0 Å². The highest BCUT2D eigenvalue weighted by atomic mass is 19.2. The average Bonchev–Trinajstić information content (AvgIpc) is 2.72. The van der Waals surface area contributed by atoms with Gasteiger partial charge in [0, 0.05) is 11.5 Å². The third kappa shape index (κ3) is 4.97. The summed E-state index contributed by atoms with van der Waals surface area (Å²) in [6, 6.07) is 11.8. The molecule has 27 heavy (non-hydrogen) atoms. The van der Waals surface area contributed by atoms with Crippen LogP contribution < -0.4 is 0 Å². The van der Waals surface area contributed by atoms with Crippen molar-refractivity contribution in [2.75, 3.05) is 0 Å². The van der Waals surface area contributed by atoms with Crippen molar-refractivity contribution in [3.63, 3.8) is 0 Å². The fourth-order valence-corrected chi connectivity index (χ4v) is 4.31. The van der Waals surface area contributed by atoms with Gasteiger partial charge in [0.2, 0.25) is 0 Å². The molecule has 0 saturated heterocycles. The van der Waals surface area contributed by atoms with Gasteiger partial charge in [-0.25, -0.2) is 8.78 Å². The lowest BCUT2D eigenvalue weighted by atomic mass is 9.80. The van der Waals surface area contributed by atoms with Crippen molar-refractivity contribution in [1.29, 1.82) is 0 Å². The van der Waals surface area contributed by atoms with E-state index in [4.69, 9.17) is 0 Å². The second-order valence-corrected chi connectivity index (χ2v) is 8.14. The van der Waals surface area contributed by atoms with E-state index < -0.39 is 11.7 Å². The Morgan fingerprint density at radius 1 is 0.889 bits per heavy atom. The molecule has 0 nitrogen and oxygen atoms in total. The molecule has 0 bridgehead atoms. The van der Waals surface area contributed by atoms with Crippen LogP contribution in [0.5, 0.6) is 0 Å². The monoisotopic (exact) mass is 370 g/mol. The van der Waals surface area contributed by atoms with Crippen LogP contribution in [0.4, 0.5) is 8.78 Å². The second-order valence-electron chi connectivity index (χ2n) is 8.14. The molecule has 0 spiro atoms. The Balaban J connectivity index is 1.76. The van der Waals surface area contributed by atoms with Crippen LogP contribution in [0.3, 0.4) is 0 Å². The van der Waals surface area contributed by atoms with Gasteiger partial charge < -0.3 is 0 Å². The van der Waals surface area contributed by atoms with Crippen molar-refractivity contribution < 1.29 is 8.78 Å². The van der Waals surface area contributed by atoms with Crippen LogP contribution in [0.2, 0.25) is 0 Å². The molecule has 1 saturated carbocycles. The first-order chi connectivity index (χ1) is 13.1. The molecule has 0 aliphatic heterocycles. The molecule has 0 unspecified atom stereocenters. The molecule has 2 aromatic carbocycles. The van der Waals surface area contributed by atoms with E-state index in [1.807, 2.05) is 12.1 Å². The third-order valence-corrected chi connectivity index (χ3v) is 6.22. The minimum absolute atomic E-state index is 0.246. The van der Waals surface area contributed by atoms with Crippen LogP contribution in [0.1, 0.15) is 76.3 Å². The Labute approximate surface area is 162 Å². The Morgan fingerprint density at radius 2 is 1.59 bits per heavy atom. The van der Waals surface area contributed by atoms with E-state index in [2.05, 4.69) is 26.0 Å². The number of halogens is 2. The Kier molecular flexibility index (Phi) is 7.04. The van der Waals surface area contributed by atoms with Crippen LogP contribution in [-0.2, 0) is 6.42 Å². The number of allylic oxidation sites excluding steroid dienone is 1. The van der Waals surface area contributed by atoms with E-state index in [-0.39, 0.29) is 5.92 Å². The van der Waals surface area contributed by atoms with Gasteiger partial charge in [-0.2, -0.15) is 0 Å². The first kappa shape index (κ1) is 20.0. The standard InChI is InChI=1S/C25H32F2/c1-3-5-6-7-19-10-13-22-17-23(15-14-21(22)16-19)25(27)24(26)20-11-8-18(4-2)9-12-20/h10,13-18,20H,3-9,11-12H2,1-2H3. The summed E-state index contributed by atoms with van der Waals surface area (Å²) in [4.78, 5) is 0. The summed E-state index contributed by atoms with van der Waals surface area (Å²) < 4.78 is 29.6. The lowest BCUT2D eigenvalue weighted by Gasteiger charge is -2.26. The average molecular weight is 371 g/mol. The van der Waals surface area contributed by atoms with Crippen LogP contribution >= 0.6 is 0 Å². The molecule has 0 aromatic heterocycles. The molecule has 2 heteroatoms. The van der Waals surface area contributed by atoms with E-state index in [0.29, 0.717) is 11.5 Å². The molecule has 0 amide bonds. The molecule has 0 N–H and O–H groups in total. The number of hydrogen-bond acceptors (Lipinski definition) is 0. The number of aryl methyl sites for hydroxylation is 1. The van der Waals surface area contributed by atoms with Gasteiger partial charge in [-0.1, -0.05) is 63.4 Å². The fourth-order valence-electron chi connectivity index (χ4n) is 4.31. The van der Waals surface area contributed by atoms with Gasteiger partial charge in [0.15, 0.2) is 5.83 Å². The SMILES string of the molecule is CCCCCc1ccc2cc(C(F)=C(F)C3CCC(CC)CC3)ccc2c1. The van der Waals surface area contributed by atoms with Crippen molar-refractivity contribution in [3.8, 4) is 0 Å².